The molecular formula is C29H30N2O4. The maximum Gasteiger partial charge on any atom is 0.145 e. The molecule has 6 nitrogen and oxygen atoms in total. The third kappa shape index (κ3) is 5.01. The van der Waals surface area contributed by atoms with Crippen LogP contribution in [0.1, 0.15) is 23.7 Å². The first kappa shape index (κ1) is 24.0. The van der Waals surface area contributed by atoms with E-state index in [1.807, 2.05) is 67.6 Å². The number of aromatic nitrogens is 1. The number of rotatable bonds is 9. The SMILES string of the molecule is COc1ccc(OC)c(-n2c(-c3ccccc3)cc(/C(C)=N\OCc3ccccc3OC)c2C)c1. The Kier molecular flexibility index (Phi) is 7.41. The van der Waals surface area contributed by atoms with Gasteiger partial charge in [-0.1, -0.05) is 53.7 Å². The lowest BCUT2D eigenvalue weighted by molar-refractivity contribution is 0.128. The zero-order chi connectivity index (χ0) is 24.8. The predicted molar refractivity (Wildman–Crippen MR) is 139 cm³/mol. The molecular weight excluding hydrogens is 440 g/mol. The minimum Gasteiger partial charge on any atom is -0.497 e. The first-order valence-corrected chi connectivity index (χ1v) is 11.4. The lowest BCUT2D eigenvalue weighted by Gasteiger charge is -2.17. The summed E-state index contributed by atoms with van der Waals surface area (Å²) in [5, 5.41) is 4.44. The van der Waals surface area contributed by atoms with Crippen molar-refractivity contribution >= 4 is 5.71 Å². The van der Waals surface area contributed by atoms with Gasteiger partial charge in [-0.25, -0.2) is 0 Å². The van der Waals surface area contributed by atoms with E-state index >= 15 is 0 Å². The maximum atomic E-state index is 5.73. The summed E-state index contributed by atoms with van der Waals surface area (Å²) >= 11 is 0. The van der Waals surface area contributed by atoms with Crippen molar-refractivity contribution < 1.29 is 19.0 Å². The van der Waals surface area contributed by atoms with Crippen LogP contribution >= 0.6 is 0 Å². The third-order valence-electron chi connectivity index (χ3n) is 5.95. The van der Waals surface area contributed by atoms with Crippen molar-refractivity contribution in [1.82, 2.24) is 4.57 Å². The van der Waals surface area contributed by atoms with Gasteiger partial charge in [-0.05, 0) is 43.7 Å². The van der Waals surface area contributed by atoms with E-state index in [9.17, 15) is 0 Å². The minimum absolute atomic E-state index is 0.316. The zero-order valence-corrected chi connectivity index (χ0v) is 20.7. The molecule has 0 fully saturated rings. The number of oxime groups is 1. The quantitative estimate of drug-likeness (QED) is 0.209. The summed E-state index contributed by atoms with van der Waals surface area (Å²) in [6.07, 6.45) is 0. The average Bonchev–Trinajstić information content (AvgIpc) is 3.25. The Hall–Kier alpha value is -4.19. The molecule has 0 unspecified atom stereocenters. The van der Waals surface area contributed by atoms with E-state index in [4.69, 9.17) is 19.0 Å². The van der Waals surface area contributed by atoms with E-state index in [-0.39, 0.29) is 0 Å². The Morgan fingerprint density at radius 3 is 2.23 bits per heavy atom. The van der Waals surface area contributed by atoms with Gasteiger partial charge in [0.25, 0.3) is 0 Å². The third-order valence-corrected chi connectivity index (χ3v) is 5.95. The van der Waals surface area contributed by atoms with Crippen LogP contribution in [0.5, 0.6) is 17.2 Å². The highest BCUT2D eigenvalue weighted by atomic mass is 16.6. The van der Waals surface area contributed by atoms with E-state index in [1.165, 1.54) is 0 Å². The Morgan fingerprint density at radius 2 is 1.51 bits per heavy atom. The van der Waals surface area contributed by atoms with E-state index < -0.39 is 0 Å². The summed E-state index contributed by atoms with van der Waals surface area (Å²) in [6.45, 7) is 4.34. The van der Waals surface area contributed by atoms with Crippen molar-refractivity contribution in [1.29, 1.82) is 0 Å². The van der Waals surface area contributed by atoms with Gasteiger partial charge in [0.2, 0.25) is 0 Å². The summed E-state index contributed by atoms with van der Waals surface area (Å²) in [5.74, 6) is 2.27. The van der Waals surface area contributed by atoms with Gasteiger partial charge in [0.15, 0.2) is 0 Å². The van der Waals surface area contributed by atoms with Crippen LogP contribution in [0.3, 0.4) is 0 Å². The summed E-state index contributed by atoms with van der Waals surface area (Å²) < 4.78 is 18.8. The molecule has 4 rings (SSSR count). The van der Waals surface area contributed by atoms with Crippen molar-refractivity contribution in [2.24, 2.45) is 5.16 Å². The van der Waals surface area contributed by atoms with Crippen molar-refractivity contribution in [2.45, 2.75) is 20.5 Å². The smallest absolute Gasteiger partial charge is 0.145 e. The number of hydrogen-bond donors (Lipinski definition) is 0. The molecule has 0 N–H and O–H groups in total. The van der Waals surface area contributed by atoms with E-state index in [0.717, 1.165) is 56.7 Å². The first-order chi connectivity index (χ1) is 17.1. The van der Waals surface area contributed by atoms with E-state index in [2.05, 4.69) is 34.8 Å². The van der Waals surface area contributed by atoms with Crippen LogP contribution in [0.2, 0.25) is 0 Å². The largest absolute Gasteiger partial charge is 0.497 e. The lowest BCUT2D eigenvalue weighted by atomic mass is 10.1. The molecule has 0 aliphatic rings. The molecule has 1 heterocycles. The Morgan fingerprint density at radius 1 is 0.800 bits per heavy atom. The van der Waals surface area contributed by atoms with E-state index in [1.54, 1.807) is 21.3 Å². The first-order valence-electron chi connectivity index (χ1n) is 11.4. The average molecular weight is 471 g/mol. The number of methoxy groups -OCH3 is 3. The number of hydrogen-bond acceptors (Lipinski definition) is 5. The fourth-order valence-corrected chi connectivity index (χ4v) is 4.15. The summed E-state index contributed by atoms with van der Waals surface area (Å²) in [7, 11) is 4.98. The Balaban J connectivity index is 1.77. The second kappa shape index (κ2) is 10.8. The molecule has 6 heteroatoms. The van der Waals surface area contributed by atoms with Crippen LogP contribution in [-0.4, -0.2) is 31.6 Å². The molecule has 0 radical (unpaired) electrons. The molecule has 0 aliphatic heterocycles. The molecule has 0 atom stereocenters. The second-order valence-corrected chi connectivity index (χ2v) is 8.03. The normalized spacial score (nSPS) is 11.3. The van der Waals surface area contributed by atoms with Crippen molar-refractivity contribution in [3.63, 3.8) is 0 Å². The van der Waals surface area contributed by atoms with Crippen molar-refractivity contribution in [2.75, 3.05) is 21.3 Å². The topological polar surface area (TPSA) is 54.2 Å². The van der Waals surface area contributed by atoms with Gasteiger partial charge in [-0.2, -0.15) is 0 Å². The number of ether oxygens (including phenoxy) is 3. The monoisotopic (exact) mass is 470 g/mol. The highest BCUT2D eigenvalue weighted by Gasteiger charge is 2.20. The molecule has 4 aromatic rings. The number of para-hydroxylation sites is 1. The van der Waals surface area contributed by atoms with Crippen LogP contribution in [0.25, 0.3) is 16.9 Å². The fourth-order valence-electron chi connectivity index (χ4n) is 4.15. The van der Waals surface area contributed by atoms with E-state index in [0.29, 0.717) is 6.61 Å². The van der Waals surface area contributed by atoms with Gasteiger partial charge in [-0.3, -0.25) is 0 Å². The molecule has 0 spiro atoms. The minimum atomic E-state index is 0.316. The van der Waals surface area contributed by atoms with Gasteiger partial charge in [0.05, 0.1) is 38.4 Å². The molecule has 35 heavy (non-hydrogen) atoms. The fraction of sp³-hybridized carbons (Fsp3) is 0.207. The van der Waals surface area contributed by atoms with Crippen molar-refractivity contribution in [3.05, 3.63) is 95.7 Å². The molecule has 0 bridgehead atoms. The van der Waals surface area contributed by atoms with Crippen LogP contribution in [0.4, 0.5) is 0 Å². The summed E-state index contributed by atoms with van der Waals surface area (Å²) in [6, 6.07) is 25.9. The number of nitrogens with zero attached hydrogens (tertiary/aromatic N) is 2. The van der Waals surface area contributed by atoms with Crippen molar-refractivity contribution in [3.8, 4) is 34.2 Å². The molecule has 0 saturated carbocycles. The van der Waals surface area contributed by atoms with Gasteiger partial charge in [0.1, 0.15) is 23.9 Å². The molecule has 1 aromatic heterocycles. The highest BCUT2D eigenvalue weighted by Crippen LogP contribution is 2.36. The molecule has 0 amide bonds. The van der Waals surface area contributed by atoms with Crippen LogP contribution in [0.15, 0.2) is 84.0 Å². The molecule has 180 valence electrons. The van der Waals surface area contributed by atoms with Gasteiger partial charge >= 0.3 is 0 Å². The summed E-state index contributed by atoms with van der Waals surface area (Å²) in [4.78, 5) is 5.73. The zero-order valence-electron chi connectivity index (χ0n) is 20.7. The Bertz CT molecular complexity index is 1330. The van der Waals surface area contributed by atoms with Crippen LogP contribution < -0.4 is 14.2 Å². The van der Waals surface area contributed by atoms with Gasteiger partial charge in [-0.15, -0.1) is 0 Å². The van der Waals surface area contributed by atoms with Crippen LogP contribution in [0, 0.1) is 6.92 Å². The van der Waals surface area contributed by atoms with Gasteiger partial charge < -0.3 is 23.6 Å². The highest BCUT2D eigenvalue weighted by molar-refractivity contribution is 6.01. The maximum absolute atomic E-state index is 5.73. The molecule has 3 aromatic carbocycles. The number of benzene rings is 3. The predicted octanol–water partition coefficient (Wildman–Crippen LogP) is 6.42. The summed E-state index contributed by atoms with van der Waals surface area (Å²) in [5.41, 5.74) is 6.68. The molecule has 0 saturated heterocycles. The Labute approximate surface area is 206 Å². The standard InChI is InChI=1S/C29H30N2O4/c1-20(30-35-19-23-13-9-10-14-28(23)33-4)25-18-26(22-11-7-6-8-12-22)31(21(25)2)27-17-24(32-3)15-16-29(27)34-5/h6-18H,19H2,1-5H3/b30-20-. The van der Waals surface area contributed by atoms with Gasteiger partial charge in [0, 0.05) is 22.9 Å². The van der Waals surface area contributed by atoms with Crippen LogP contribution in [-0.2, 0) is 11.4 Å². The second-order valence-electron chi connectivity index (χ2n) is 8.03. The molecule has 0 aliphatic carbocycles. The lowest BCUT2D eigenvalue weighted by Crippen LogP contribution is -2.05.